The Morgan fingerprint density at radius 2 is 1.87 bits per heavy atom. The topological polar surface area (TPSA) is 94.4 Å². The fraction of sp³-hybridized carbons (Fsp3) is 0.261. The summed E-state index contributed by atoms with van der Waals surface area (Å²) in [5.74, 6) is -0.166. The number of aliphatic imine (C=N–C) groups is 1. The van der Waals surface area contributed by atoms with Gasteiger partial charge in [-0.3, -0.25) is 4.79 Å². The molecule has 2 aromatic rings. The van der Waals surface area contributed by atoms with Crippen LogP contribution in [0.4, 0.5) is 0 Å². The molecule has 0 saturated carbocycles. The van der Waals surface area contributed by atoms with Crippen molar-refractivity contribution in [2.45, 2.75) is 20.3 Å². The van der Waals surface area contributed by atoms with Crippen molar-refractivity contribution in [1.82, 2.24) is 0 Å². The smallest absolute Gasteiger partial charge is 0.344 e. The molecular weight excluding hydrogens is 418 g/mol. The average molecular weight is 442 g/mol. The number of fused-ring (bicyclic) bond motifs is 1. The molecule has 1 aliphatic rings. The van der Waals surface area contributed by atoms with Gasteiger partial charge in [0.05, 0.1) is 25.7 Å². The first kappa shape index (κ1) is 22.4. The van der Waals surface area contributed by atoms with E-state index in [4.69, 9.17) is 14.2 Å². The number of thioether (sulfide) groups is 1. The number of esters is 1. The second kappa shape index (κ2) is 9.70. The molecule has 31 heavy (non-hydrogen) atoms. The summed E-state index contributed by atoms with van der Waals surface area (Å²) < 4.78 is 15.9. The van der Waals surface area contributed by atoms with Gasteiger partial charge in [-0.2, -0.15) is 0 Å². The number of carbonyl (C=O) groups excluding carboxylic acids is 2. The third kappa shape index (κ3) is 4.59. The molecule has 162 valence electrons. The van der Waals surface area contributed by atoms with E-state index >= 15 is 0 Å². The minimum absolute atomic E-state index is 0.114. The van der Waals surface area contributed by atoms with Crippen molar-refractivity contribution in [3.05, 3.63) is 52.1 Å². The molecule has 0 aromatic heterocycles. The third-order valence-electron chi connectivity index (χ3n) is 4.62. The fourth-order valence-corrected chi connectivity index (χ4v) is 4.08. The van der Waals surface area contributed by atoms with E-state index in [9.17, 15) is 14.7 Å². The summed E-state index contributed by atoms with van der Waals surface area (Å²) in [6.07, 6.45) is 1.88. The molecule has 0 spiro atoms. The quantitative estimate of drug-likeness (QED) is 0.652. The molecule has 0 aliphatic carbocycles. The molecule has 0 atom stereocenters. The zero-order chi connectivity index (χ0) is 22.5. The minimum Gasteiger partial charge on any atom is -0.506 e. The molecule has 0 fully saturated rings. The normalized spacial score (nSPS) is 16.3. The molecule has 7 nitrogen and oxygen atoms in total. The maximum Gasteiger partial charge on any atom is 0.344 e. The van der Waals surface area contributed by atoms with Crippen LogP contribution in [0.3, 0.4) is 0 Å². The molecule has 0 bridgehead atoms. The van der Waals surface area contributed by atoms with Crippen LogP contribution in [-0.4, -0.2) is 42.9 Å². The van der Waals surface area contributed by atoms with Gasteiger partial charge in [0.1, 0.15) is 27.9 Å². The predicted octanol–water partition coefficient (Wildman–Crippen LogP) is 4.66. The van der Waals surface area contributed by atoms with Crippen molar-refractivity contribution < 1.29 is 28.9 Å². The Balaban J connectivity index is 2.21. The number of amides is 1. The number of hydrogen-bond donors (Lipinski definition) is 1. The number of methoxy groups -OCH3 is 2. The highest BCUT2D eigenvalue weighted by Gasteiger charge is 2.34. The Morgan fingerprint density at radius 1 is 1.13 bits per heavy atom. The van der Waals surface area contributed by atoms with Gasteiger partial charge in [-0.1, -0.05) is 30.8 Å². The fourth-order valence-electron chi connectivity index (χ4n) is 3.07. The third-order valence-corrected chi connectivity index (χ3v) is 5.64. The van der Waals surface area contributed by atoms with Crippen LogP contribution in [0.1, 0.15) is 25.8 Å². The summed E-state index contributed by atoms with van der Waals surface area (Å²) in [4.78, 5) is 28.7. The lowest BCUT2D eigenvalue weighted by Gasteiger charge is -2.11. The number of nitrogens with zero attached hydrogens (tertiary/aromatic N) is 1. The number of aliphatic hydroxyl groups is 1. The molecular formula is C23H23NO6S. The molecule has 1 N–H and O–H groups in total. The van der Waals surface area contributed by atoms with E-state index in [0.717, 1.165) is 22.5 Å². The molecule has 1 heterocycles. The molecule has 1 amide bonds. The zero-order valence-electron chi connectivity index (χ0n) is 17.7. The monoisotopic (exact) mass is 441 g/mol. The summed E-state index contributed by atoms with van der Waals surface area (Å²) in [5.41, 5.74) is 0.580. The molecule has 8 heteroatoms. The lowest BCUT2D eigenvalue weighted by molar-refractivity contribution is -0.138. The Kier molecular flexibility index (Phi) is 7.02. The predicted molar refractivity (Wildman–Crippen MR) is 122 cm³/mol. The lowest BCUT2D eigenvalue weighted by Crippen LogP contribution is -2.14. The van der Waals surface area contributed by atoms with Gasteiger partial charge < -0.3 is 19.3 Å². The second-order valence-corrected chi connectivity index (χ2v) is 7.52. The maximum atomic E-state index is 12.4. The van der Waals surface area contributed by atoms with Crippen LogP contribution in [0.25, 0.3) is 16.8 Å². The zero-order valence-corrected chi connectivity index (χ0v) is 18.5. The largest absolute Gasteiger partial charge is 0.506 e. The molecule has 0 saturated heterocycles. The van der Waals surface area contributed by atoms with E-state index in [0.29, 0.717) is 22.0 Å². The highest BCUT2D eigenvalue weighted by atomic mass is 32.2. The van der Waals surface area contributed by atoms with E-state index in [1.807, 2.05) is 30.3 Å². The SMILES string of the molecule is CCOC(=O)C1=C(O)/C(=C/c2c(OC)ccc3ccc(OC)cc23)SC1=NC(=O)CC. The van der Waals surface area contributed by atoms with Gasteiger partial charge in [0.2, 0.25) is 5.91 Å². The standard InChI is InChI=1S/C23H23NO6S/c1-5-19(25)24-22-20(23(27)30-6-2)21(26)18(31-22)12-16-15-11-14(28-3)9-7-13(15)8-10-17(16)29-4/h7-12,26H,5-6H2,1-4H3/b18-12-,24-22?. The van der Waals surface area contributed by atoms with Crippen molar-refractivity contribution in [3.8, 4) is 11.5 Å². The van der Waals surface area contributed by atoms with Crippen LogP contribution in [0.15, 0.2) is 51.6 Å². The van der Waals surface area contributed by atoms with Gasteiger partial charge in [0, 0.05) is 12.0 Å². The van der Waals surface area contributed by atoms with Crippen molar-refractivity contribution in [2.24, 2.45) is 4.99 Å². The summed E-state index contributed by atoms with van der Waals surface area (Å²) >= 11 is 1.04. The molecule has 3 rings (SSSR count). The van der Waals surface area contributed by atoms with Crippen molar-refractivity contribution in [3.63, 3.8) is 0 Å². The summed E-state index contributed by atoms with van der Waals surface area (Å²) in [6.45, 7) is 3.47. The Bertz CT molecular complexity index is 1130. The van der Waals surface area contributed by atoms with Gasteiger partial charge >= 0.3 is 5.97 Å². The number of aliphatic hydroxyl groups excluding tert-OH is 1. The van der Waals surface area contributed by atoms with Crippen LogP contribution in [0.2, 0.25) is 0 Å². The number of benzene rings is 2. The Hall–Kier alpha value is -3.26. The highest BCUT2D eigenvalue weighted by molar-refractivity contribution is 8.18. The van der Waals surface area contributed by atoms with E-state index in [1.54, 1.807) is 34.1 Å². The number of rotatable bonds is 6. The van der Waals surface area contributed by atoms with Crippen LogP contribution in [0.5, 0.6) is 11.5 Å². The van der Waals surface area contributed by atoms with Crippen molar-refractivity contribution in [2.75, 3.05) is 20.8 Å². The van der Waals surface area contributed by atoms with E-state index in [1.165, 1.54) is 0 Å². The van der Waals surface area contributed by atoms with Crippen molar-refractivity contribution in [1.29, 1.82) is 0 Å². The number of ether oxygens (including phenoxy) is 3. The van der Waals surface area contributed by atoms with Crippen LogP contribution >= 0.6 is 11.8 Å². The van der Waals surface area contributed by atoms with Crippen LogP contribution in [-0.2, 0) is 14.3 Å². The van der Waals surface area contributed by atoms with Crippen molar-refractivity contribution >= 4 is 45.5 Å². The van der Waals surface area contributed by atoms with E-state index in [2.05, 4.69) is 4.99 Å². The van der Waals surface area contributed by atoms with Gasteiger partial charge in [-0.25, -0.2) is 9.79 Å². The molecule has 1 aliphatic heterocycles. The highest BCUT2D eigenvalue weighted by Crippen LogP contribution is 2.42. The first-order chi connectivity index (χ1) is 14.9. The van der Waals surface area contributed by atoms with Crippen LogP contribution < -0.4 is 9.47 Å². The minimum atomic E-state index is -0.731. The Morgan fingerprint density at radius 3 is 2.52 bits per heavy atom. The first-order valence-corrected chi connectivity index (χ1v) is 10.5. The summed E-state index contributed by atoms with van der Waals surface area (Å²) in [7, 11) is 3.14. The number of hydrogen-bond acceptors (Lipinski definition) is 7. The number of carbonyl (C=O) groups is 2. The average Bonchev–Trinajstić information content (AvgIpc) is 3.08. The maximum absolute atomic E-state index is 12.4. The molecule has 0 unspecified atom stereocenters. The van der Waals surface area contributed by atoms with E-state index < -0.39 is 11.9 Å². The van der Waals surface area contributed by atoms with Gasteiger partial charge in [-0.15, -0.1) is 0 Å². The van der Waals surface area contributed by atoms with Gasteiger partial charge in [-0.05, 0) is 42.0 Å². The molecule has 2 aromatic carbocycles. The second-order valence-electron chi connectivity index (χ2n) is 6.49. The van der Waals surface area contributed by atoms with Gasteiger partial charge in [0.25, 0.3) is 0 Å². The molecule has 0 radical (unpaired) electrons. The summed E-state index contributed by atoms with van der Waals surface area (Å²) in [5, 5.41) is 12.7. The van der Waals surface area contributed by atoms with Gasteiger partial charge in [0.15, 0.2) is 0 Å². The summed E-state index contributed by atoms with van der Waals surface area (Å²) in [6, 6.07) is 9.39. The van der Waals surface area contributed by atoms with E-state index in [-0.39, 0.29) is 29.4 Å². The Labute approximate surface area is 184 Å². The first-order valence-electron chi connectivity index (χ1n) is 9.70. The lowest BCUT2D eigenvalue weighted by atomic mass is 10.0. The van der Waals surface area contributed by atoms with Crippen LogP contribution in [0, 0.1) is 0 Å².